The van der Waals surface area contributed by atoms with Crippen LogP contribution in [-0.4, -0.2) is 33.1 Å². The van der Waals surface area contributed by atoms with E-state index in [1.54, 1.807) is 10.7 Å². The fourth-order valence-corrected chi connectivity index (χ4v) is 2.59. The number of nitrogens with zero attached hydrogens (tertiary/aromatic N) is 3. The molecule has 1 amide bonds. The summed E-state index contributed by atoms with van der Waals surface area (Å²) < 4.78 is 1.75. The van der Waals surface area contributed by atoms with E-state index >= 15 is 0 Å². The molecular weight excluding hydrogens is 266 g/mol. The number of hydrogen-bond acceptors (Lipinski definition) is 4. The number of rotatable bonds is 3. The van der Waals surface area contributed by atoms with Crippen molar-refractivity contribution in [1.82, 2.24) is 19.9 Å². The molecule has 1 saturated heterocycles. The number of nitrogens with one attached hydrogen (secondary N) is 2. The first-order chi connectivity index (χ1) is 10.1. The molecule has 2 N–H and O–H groups in total. The average Bonchev–Trinajstić information content (AvgIpc) is 2.85. The van der Waals surface area contributed by atoms with E-state index in [0.717, 1.165) is 43.0 Å². The van der Waals surface area contributed by atoms with Crippen LogP contribution in [0.3, 0.4) is 0 Å². The van der Waals surface area contributed by atoms with Gasteiger partial charge in [-0.1, -0.05) is 13.8 Å². The summed E-state index contributed by atoms with van der Waals surface area (Å²) in [5.74, 6) is 1.22. The van der Waals surface area contributed by atoms with E-state index in [2.05, 4.69) is 34.6 Å². The molecule has 1 aliphatic heterocycles. The zero-order chi connectivity index (χ0) is 14.8. The Morgan fingerprint density at radius 1 is 1.43 bits per heavy atom. The van der Waals surface area contributed by atoms with E-state index in [0.29, 0.717) is 5.92 Å². The molecule has 2 aromatic rings. The van der Waals surface area contributed by atoms with E-state index < -0.39 is 0 Å². The monoisotopic (exact) mass is 287 g/mol. The van der Waals surface area contributed by atoms with Gasteiger partial charge in [0.05, 0.1) is 6.20 Å². The molecular formula is C15H21N5O. The summed E-state index contributed by atoms with van der Waals surface area (Å²) >= 11 is 0. The Labute approximate surface area is 123 Å². The quantitative estimate of drug-likeness (QED) is 0.905. The fourth-order valence-electron chi connectivity index (χ4n) is 2.59. The number of aromatic nitrogens is 3. The summed E-state index contributed by atoms with van der Waals surface area (Å²) in [4.78, 5) is 16.7. The molecule has 6 heteroatoms. The first-order valence-electron chi connectivity index (χ1n) is 7.54. The number of carbonyl (C=O) groups is 1. The lowest BCUT2D eigenvalue weighted by Gasteiger charge is -2.18. The normalized spacial score (nSPS) is 19.6. The van der Waals surface area contributed by atoms with Gasteiger partial charge in [0.1, 0.15) is 11.9 Å². The molecule has 3 rings (SSSR count). The smallest absolute Gasteiger partial charge is 0.242 e. The fraction of sp³-hybridized carbons (Fsp3) is 0.533. The van der Waals surface area contributed by atoms with Crippen molar-refractivity contribution < 1.29 is 4.79 Å². The molecule has 0 spiro atoms. The van der Waals surface area contributed by atoms with Gasteiger partial charge in [0, 0.05) is 24.4 Å². The van der Waals surface area contributed by atoms with Gasteiger partial charge in [-0.15, -0.1) is 0 Å². The molecule has 2 aromatic heterocycles. The van der Waals surface area contributed by atoms with Crippen LogP contribution < -0.4 is 10.6 Å². The maximum Gasteiger partial charge on any atom is 0.242 e. The Morgan fingerprint density at radius 3 is 3.10 bits per heavy atom. The van der Waals surface area contributed by atoms with Gasteiger partial charge >= 0.3 is 0 Å². The lowest BCUT2D eigenvalue weighted by atomic mass is 10.1. The van der Waals surface area contributed by atoms with Crippen LogP contribution in [0, 0.1) is 0 Å². The number of amides is 1. The minimum Gasteiger partial charge on any atom is -0.358 e. The first-order valence-corrected chi connectivity index (χ1v) is 7.54. The van der Waals surface area contributed by atoms with Gasteiger partial charge in [0.25, 0.3) is 0 Å². The van der Waals surface area contributed by atoms with Crippen LogP contribution in [0.1, 0.15) is 44.7 Å². The zero-order valence-corrected chi connectivity index (χ0v) is 12.5. The van der Waals surface area contributed by atoms with E-state index in [1.165, 1.54) is 0 Å². The second-order valence-corrected chi connectivity index (χ2v) is 5.81. The molecule has 1 atom stereocenters. The topological polar surface area (TPSA) is 71.3 Å². The number of fused-ring (bicyclic) bond motifs is 1. The highest BCUT2D eigenvalue weighted by Gasteiger charge is 2.22. The lowest BCUT2D eigenvalue weighted by molar-refractivity contribution is -0.121. The Morgan fingerprint density at radius 2 is 2.29 bits per heavy atom. The van der Waals surface area contributed by atoms with E-state index in [-0.39, 0.29) is 11.9 Å². The van der Waals surface area contributed by atoms with Gasteiger partial charge in [0.2, 0.25) is 5.91 Å². The van der Waals surface area contributed by atoms with Crippen LogP contribution in [0.15, 0.2) is 18.3 Å². The van der Waals surface area contributed by atoms with Gasteiger partial charge in [0.15, 0.2) is 5.65 Å². The second kappa shape index (κ2) is 5.71. The highest BCUT2D eigenvalue weighted by atomic mass is 16.2. The third-order valence-electron chi connectivity index (χ3n) is 3.83. The van der Waals surface area contributed by atoms with Gasteiger partial charge in [-0.2, -0.15) is 9.61 Å². The summed E-state index contributed by atoms with van der Waals surface area (Å²) in [6.45, 7) is 4.98. The van der Waals surface area contributed by atoms with Crippen LogP contribution in [0.25, 0.3) is 5.65 Å². The maximum atomic E-state index is 12.1. The lowest BCUT2D eigenvalue weighted by Crippen LogP contribution is -2.38. The Balaban J connectivity index is 1.94. The van der Waals surface area contributed by atoms with Crippen LogP contribution in [-0.2, 0) is 4.79 Å². The van der Waals surface area contributed by atoms with Crippen LogP contribution >= 0.6 is 0 Å². The van der Waals surface area contributed by atoms with Crippen molar-refractivity contribution >= 4 is 17.4 Å². The average molecular weight is 287 g/mol. The summed E-state index contributed by atoms with van der Waals surface area (Å²) in [5.41, 5.74) is 1.80. The van der Waals surface area contributed by atoms with Gasteiger partial charge in [-0.3, -0.25) is 4.79 Å². The van der Waals surface area contributed by atoms with Crippen molar-refractivity contribution in [2.45, 2.75) is 45.1 Å². The van der Waals surface area contributed by atoms with Crippen LogP contribution in [0.4, 0.5) is 5.82 Å². The molecule has 0 saturated carbocycles. The van der Waals surface area contributed by atoms with Gasteiger partial charge in [-0.25, -0.2) is 4.98 Å². The molecule has 0 aromatic carbocycles. The third kappa shape index (κ3) is 2.84. The highest BCUT2D eigenvalue weighted by Crippen LogP contribution is 2.20. The van der Waals surface area contributed by atoms with Crippen molar-refractivity contribution in [2.75, 3.05) is 11.9 Å². The summed E-state index contributed by atoms with van der Waals surface area (Å²) in [5, 5.41) is 10.6. The van der Waals surface area contributed by atoms with Gasteiger partial charge in [-0.05, 0) is 25.2 Å². The predicted molar refractivity (Wildman–Crippen MR) is 81.3 cm³/mol. The van der Waals surface area contributed by atoms with Crippen molar-refractivity contribution in [3.63, 3.8) is 0 Å². The SMILES string of the molecule is CC(C)c1cc(NC2CCCCNC2=O)n2nccc2n1. The van der Waals surface area contributed by atoms with Crippen molar-refractivity contribution in [1.29, 1.82) is 0 Å². The standard InChI is InChI=1S/C15H21N5O/c1-10(2)12-9-14(20-13(19-12)6-8-17-20)18-11-5-3-4-7-16-15(11)21/h6,8-11,18H,3-5,7H2,1-2H3,(H,16,21). The van der Waals surface area contributed by atoms with Crippen molar-refractivity contribution in [3.8, 4) is 0 Å². The molecule has 0 aliphatic carbocycles. The first kappa shape index (κ1) is 13.9. The number of anilines is 1. The minimum atomic E-state index is -0.206. The van der Waals surface area contributed by atoms with Crippen LogP contribution in [0.5, 0.6) is 0 Å². The molecule has 21 heavy (non-hydrogen) atoms. The molecule has 1 unspecified atom stereocenters. The van der Waals surface area contributed by atoms with E-state index in [4.69, 9.17) is 0 Å². The molecule has 0 radical (unpaired) electrons. The van der Waals surface area contributed by atoms with Gasteiger partial charge < -0.3 is 10.6 Å². The Kier molecular flexibility index (Phi) is 3.77. The molecule has 1 fully saturated rings. The predicted octanol–water partition coefficient (Wildman–Crippen LogP) is 1.93. The summed E-state index contributed by atoms with van der Waals surface area (Å²) in [7, 11) is 0. The van der Waals surface area contributed by atoms with E-state index in [1.807, 2.05) is 12.1 Å². The van der Waals surface area contributed by atoms with Crippen molar-refractivity contribution in [2.24, 2.45) is 0 Å². The molecule has 6 nitrogen and oxygen atoms in total. The Hall–Kier alpha value is -2.11. The maximum absolute atomic E-state index is 12.1. The molecule has 3 heterocycles. The second-order valence-electron chi connectivity index (χ2n) is 5.81. The van der Waals surface area contributed by atoms with Crippen LogP contribution in [0.2, 0.25) is 0 Å². The largest absolute Gasteiger partial charge is 0.358 e. The minimum absolute atomic E-state index is 0.0655. The highest BCUT2D eigenvalue weighted by molar-refractivity contribution is 5.84. The Bertz CT molecular complexity index is 649. The number of carbonyl (C=O) groups excluding carboxylic acids is 1. The summed E-state index contributed by atoms with van der Waals surface area (Å²) in [6, 6.07) is 3.66. The van der Waals surface area contributed by atoms with E-state index in [9.17, 15) is 4.79 Å². The number of hydrogen-bond donors (Lipinski definition) is 2. The zero-order valence-electron chi connectivity index (χ0n) is 12.5. The molecule has 112 valence electrons. The molecule has 0 bridgehead atoms. The summed E-state index contributed by atoms with van der Waals surface area (Å²) in [6.07, 6.45) is 4.65. The molecule has 1 aliphatic rings. The third-order valence-corrected chi connectivity index (χ3v) is 3.83. The van der Waals surface area contributed by atoms with Crippen molar-refractivity contribution in [3.05, 3.63) is 24.0 Å².